The number of rotatable bonds is 4. The molecule has 6 rings (SSSR count). The van der Waals surface area contributed by atoms with Gasteiger partial charge in [0.1, 0.15) is 11.4 Å². The monoisotopic (exact) mass is 440 g/mol. The molecule has 1 aromatic carbocycles. The second-order valence-electron chi connectivity index (χ2n) is 8.14. The Morgan fingerprint density at radius 1 is 1.12 bits per heavy atom. The molecule has 4 heterocycles. The van der Waals surface area contributed by atoms with Gasteiger partial charge in [-0.3, -0.25) is 9.59 Å². The predicted molar refractivity (Wildman–Crippen MR) is 124 cm³/mol. The van der Waals surface area contributed by atoms with Gasteiger partial charge in [0.2, 0.25) is 0 Å². The van der Waals surface area contributed by atoms with Crippen molar-refractivity contribution in [1.29, 1.82) is 0 Å². The standard InChI is InChI=1S/C25H20N4O2S/c30-15-18-14-16-10-12-29(22-7-2-1-4-19(22)23(16)32-18)25(31)21-6-3-5-20(27-21)24-26-11-13-28(24)17-8-9-17/h1-7,11,13-15,17H,8-10,12H2. The molecule has 3 aromatic heterocycles. The highest BCUT2D eigenvalue weighted by atomic mass is 32.1. The Balaban J connectivity index is 1.38. The van der Waals surface area contributed by atoms with Crippen LogP contribution in [0, 0.1) is 0 Å². The summed E-state index contributed by atoms with van der Waals surface area (Å²) in [6.45, 7) is 0.528. The first-order valence-corrected chi connectivity index (χ1v) is 11.5. The van der Waals surface area contributed by atoms with Crippen LogP contribution < -0.4 is 4.90 Å². The van der Waals surface area contributed by atoms with E-state index in [1.54, 1.807) is 12.3 Å². The molecule has 1 saturated carbocycles. The largest absolute Gasteiger partial charge is 0.327 e. The van der Waals surface area contributed by atoms with Gasteiger partial charge in [-0.05, 0) is 49.1 Å². The number of benzene rings is 1. The van der Waals surface area contributed by atoms with E-state index in [2.05, 4.69) is 9.55 Å². The van der Waals surface area contributed by atoms with E-state index in [4.69, 9.17) is 4.98 Å². The number of imidazole rings is 1. The summed E-state index contributed by atoms with van der Waals surface area (Å²) in [5, 5.41) is 0. The van der Waals surface area contributed by atoms with Crippen LogP contribution in [0.15, 0.2) is 60.9 Å². The average Bonchev–Trinajstić information content (AvgIpc) is 3.45. The fraction of sp³-hybridized carbons (Fsp3) is 0.200. The quantitative estimate of drug-likeness (QED) is 0.418. The van der Waals surface area contributed by atoms with E-state index in [1.807, 2.05) is 53.6 Å². The average molecular weight is 441 g/mol. The number of pyridine rings is 1. The Morgan fingerprint density at radius 3 is 2.84 bits per heavy atom. The van der Waals surface area contributed by atoms with Crippen LogP contribution in [0.4, 0.5) is 5.69 Å². The predicted octanol–water partition coefficient (Wildman–Crippen LogP) is 5.02. The molecule has 0 unspecified atom stereocenters. The second-order valence-corrected chi connectivity index (χ2v) is 9.23. The van der Waals surface area contributed by atoms with E-state index < -0.39 is 0 Å². The highest BCUT2D eigenvalue weighted by molar-refractivity contribution is 7.17. The number of thiophene rings is 1. The third-order valence-corrected chi connectivity index (χ3v) is 7.18. The van der Waals surface area contributed by atoms with Gasteiger partial charge in [-0.15, -0.1) is 11.3 Å². The van der Waals surface area contributed by atoms with Crippen LogP contribution in [0.25, 0.3) is 22.0 Å². The van der Waals surface area contributed by atoms with E-state index in [-0.39, 0.29) is 5.91 Å². The van der Waals surface area contributed by atoms with Gasteiger partial charge >= 0.3 is 0 Å². The molecule has 0 bridgehead atoms. The number of fused-ring (bicyclic) bond motifs is 3. The number of hydrogen-bond acceptors (Lipinski definition) is 5. The molecule has 158 valence electrons. The van der Waals surface area contributed by atoms with Gasteiger partial charge in [0.15, 0.2) is 12.1 Å². The number of anilines is 1. The van der Waals surface area contributed by atoms with Crippen molar-refractivity contribution in [2.45, 2.75) is 25.3 Å². The van der Waals surface area contributed by atoms with Crippen LogP contribution in [-0.4, -0.2) is 33.3 Å². The summed E-state index contributed by atoms with van der Waals surface area (Å²) < 4.78 is 2.15. The Morgan fingerprint density at radius 2 is 2.00 bits per heavy atom. The van der Waals surface area contributed by atoms with E-state index in [0.29, 0.717) is 35.3 Å². The Bertz CT molecular complexity index is 1350. The number of nitrogens with zero attached hydrogens (tertiary/aromatic N) is 4. The minimum absolute atomic E-state index is 0.130. The third-order valence-electron chi connectivity index (χ3n) is 6.04. The molecule has 0 saturated heterocycles. The van der Waals surface area contributed by atoms with E-state index >= 15 is 0 Å². The topological polar surface area (TPSA) is 68.1 Å². The molecular weight excluding hydrogens is 420 g/mol. The highest BCUT2D eigenvalue weighted by Gasteiger charge is 2.29. The molecule has 7 heteroatoms. The molecule has 1 fully saturated rings. The zero-order valence-electron chi connectivity index (χ0n) is 17.3. The Kier molecular flexibility index (Phi) is 4.50. The summed E-state index contributed by atoms with van der Waals surface area (Å²) >= 11 is 1.48. The number of para-hydroxylation sites is 1. The minimum Gasteiger partial charge on any atom is -0.327 e. The van der Waals surface area contributed by atoms with E-state index in [0.717, 1.165) is 46.6 Å². The first-order valence-electron chi connectivity index (χ1n) is 10.7. The molecule has 0 spiro atoms. The second kappa shape index (κ2) is 7.53. The van der Waals surface area contributed by atoms with Gasteiger partial charge in [-0.2, -0.15) is 0 Å². The van der Waals surface area contributed by atoms with Crippen LogP contribution in [0.3, 0.4) is 0 Å². The van der Waals surface area contributed by atoms with Crippen molar-refractivity contribution < 1.29 is 9.59 Å². The van der Waals surface area contributed by atoms with Crippen molar-refractivity contribution in [2.75, 3.05) is 11.4 Å². The van der Waals surface area contributed by atoms with Crippen LogP contribution >= 0.6 is 11.3 Å². The molecule has 1 aliphatic heterocycles. The van der Waals surface area contributed by atoms with Gasteiger partial charge in [0.05, 0.1) is 10.6 Å². The van der Waals surface area contributed by atoms with Crippen LogP contribution in [0.1, 0.15) is 44.6 Å². The first-order chi connectivity index (χ1) is 15.7. The molecule has 1 aliphatic carbocycles. The number of carbonyl (C=O) groups is 2. The van der Waals surface area contributed by atoms with Gasteiger partial charge in [-0.25, -0.2) is 9.97 Å². The number of aldehydes is 1. The van der Waals surface area contributed by atoms with Crippen molar-refractivity contribution in [2.24, 2.45) is 0 Å². The van der Waals surface area contributed by atoms with Crippen molar-refractivity contribution in [3.05, 3.63) is 77.1 Å². The molecule has 0 atom stereocenters. The number of amides is 1. The summed E-state index contributed by atoms with van der Waals surface area (Å²) in [6, 6.07) is 15.9. The minimum atomic E-state index is -0.130. The summed E-state index contributed by atoms with van der Waals surface area (Å²) in [6.07, 6.45) is 7.67. The van der Waals surface area contributed by atoms with Crippen molar-refractivity contribution >= 4 is 29.2 Å². The van der Waals surface area contributed by atoms with E-state index in [9.17, 15) is 9.59 Å². The van der Waals surface area contributed by atoms with Crippen LogP contribution in [0.5, 0.6) is 0 Å². The first kappa shape index (κ1) is 19.1. The lowest BCUT2D eigenvalue weighted by Gasteiger charge is -2.22. The summed E-state index contributed by atoms with van der Waals surface area (Å²) in [5.74, 6) is 0.677. The zero-order valence-corrected chi connectivity index (χ0v) is 18.1. The van der Waals surface area contributed by atoms with Gasteiger partial charge in [0.25, 0.3) is 5.91 Å². The fourth-order valence-corrected chi connectivity index (χ4v) is 5.42. The lowest BCUT2D eigenvalue weighted by atomic mass is 10.1. The van der Waals surface area contributed by atoms with Crippen molar-refractivity contribution in [3.63, 3.8) is 0 Å². The highest BCUT2D eigenvalue weighted by Crippen LogP contribution is 2.41. The summed E-state index contributed by atoms with van der Waals surface area (Å²) in [7, 11) is 0. The third kappa shape index (κ3) is 3.17. The molecular formula is C25H20N4O2S. The van der Waals surface area contributed by atoms with Crippen LogP contribution in [0.2, 0.25) is 0 Å². The number of carbonyl (C=O) groups excluding carboxylic acids is 2. The smallest absolute Gasteiger partial charge is 0.276 e. The summed E-state index contributed by atoms with van der Waals surface area (Å²) in [5.41, 5.74) is 4.05. The molecule has 32 heavy (non-hydrogen) atoms. The Labute approximate surface area is 189 Å². The van der Waals surface area contributed by atoms with Crippen molar-refractivity contribution in [1.82, 2.24) is 14.5 Å². The van der Waals surface area contributed by atoms with Crippen LogP contribution in [-0.2, 0) is 6.42 Å². The maximum atomic E-state index is 13.6. The van der Waals surface area contributed by atoms with Gasteiger partial charge in [-0.1, -0.05) is 24.3 Å². The fourth-order valence-electron chi connectivity index (χ4n) is 4.36. The molecule has 1 amide bonds. The normalized spacial score (nSPS) is 15.1. The SMILES string of the molecule is O=Cc1cc2c(s1)-c1ccccc1N(C(=O)c1cccc(-c3nccn3C3CC3)n1)CC2. The molecule has 0 radical (unpaired) electrons. The molecule has 0 N–H and O–H groups in total. The van der Waals surface area contributed by atoms with Crippen molar-refractivity contribution in [3.8, 4) is 22.0 Å². The molecule has 6 nitrogen and oxygen atoms in total. The Hall–Kier alpha value is -3.58. The molecule has 4 aromatic rings. The lowest BCUT2D eigenvalue weighted by molar-refractivity contribution is 0.0982. The maximum absolute atomic E-state index is 13.6. The summed E-state index contributed by atoms with van der Waals surface area (Å²) in [4.78, 5) is 37.7. The maximum Gasteiger partial charge on any atom is 0.276 e. The number of aromatic nitrogens is 3. The molecule has 2 aliphatic rings. The zero-order chi connectivity index (χ0) is 21.7. The lowest BCUT2D eigenvalue weighted by Crippen LogP contribution is -2.33. The van der Waals surface area contributed by atoms with Gasteiger partial charge < -0.3 is 9.47 Å². The number of hydrogen-bond donors (Lipinski definition) is 0. The van der Waals surface area contributed by atoms with Gasteiger partial charge in [0, 0.05) is 35.4 Å². The van der Waals surface area contributed by atoms with E-state index in [1.165, 1.54) is 11.3 Å².